The Hall–Kier alpha value is -2.85. The van der Waals surface area contributed by atoms with Gasteiger partial charge in [-0.2, -0.15) is 0 Å². The summed E-state index contributed by atoms with van der Waals surface area (Å²) in [5.74, 6) is -0.334. The van der Waals surface area contributed by atoms with Crippen LogP contribution in [0.2, 0.25) is 0 Å². The van der Waals surface area contributed by atoms with Crippen LogP contribution in [0.25, 0.3) is 0 Å². The van der Waals surface area contributed by atoms with Crippen LogP contribution in [0, 0.1) is 0 Å². The van der Waals surface area contributed by atoms with E-state index in [1.54, 1.807) is 30.3 Å². The number of hydrogen-bond acceptors (Lipinski definition) is 4. The zero-order valence-electron chi connectivity index (χ0n) is 12.7. The first kappa shape index (κ1) is 14.7. The molecule has 4 rings (SSSR count). The summed E-state index contributed by atoms with van der Waals surface area (Å²) in [6, 6.07) is 20.2. The second-order valence-electron chi connectivity index (χ2n) is 5.52. The van der Waals surface area contributed by atoms with Gasteiger partial charge in [0.15, 0.2) is 11.6 Å². The van der Waals surface area contributed by atoms with E-state index in [1.807, 2.05) is 36.4 Å². The Morgan fingerprint density at radius 1 is 0.667 bits per heavy atom. The molecule has 0 aliphatic heterocycles. The lowest BCUT2D eigenvalue weighted by molar-refractivity contribution is 0.0977. The van der Waals surface area contributed by atoms with Gasteiger partial charge in [0, 0.05) is 32.2 Å². The maximum absolute atomic E-state index is 13.0. The monoisotopic (exact) mass is 331 g/mol. The number of carbonyl (C=O) groups is 2. The third kappa shape index (κ3) is 2.23. The molecule has 3 nitrogen and oxygen atoms in total. The van der Waals surface area contributed by atoms with Crippen molar-refractivity contribution in [2.24, 2.45) is 0 Å². The van der Waals surface area contributed by atoms with E-state index in [4.69, 9.17) is 5.73 Å². The number of carbonyl (C=O) groups excluding carboxylic acids is 2. The summed E-state index contributed by atoms with van der Waals surface area (Å²) in [5, 5.41) is 0. The molecule has 0 fully saturated rings. The molecule has 0 aromatic heterocycles. The fourth-order valence-electron chi connectivity index (χ4n) is 2.92. The number of ketones is 2. The molecule has 3 aromatic rings. The highest BCUT2D eigenvalue weighted by molar-refractivity contribution is 7.99. The zero-order chi connectivity index (χ0) is 16.7. The number of anilines is 1. The van der Waals surface area contributed by atoms with Gasteiger partial charge in [0.1, 0.15) is 0 Å². The maximum Gasteiger partial charge on any atom is 0.196 e. The fourth-order valence-corrected chi connectivity index (χ4v) is 3.90. The molecule has 24 heavy (non-hydrogen) atoms. The third-order valence-corrected chi connectivity index (χ3v) is 5.11. The lowest BCUT2D eigenvalue weighted by Gasteiger charge is -2.21. The van der Waals surface area contributed by atoms with Crippen LogP contribution in [-0.2, 0) is 0 Å². The van der Waals surface area contributed by atoms with Crippen molar-refractivity contribution < 1.29 is 9.59 Å². The van der Waals surface area contributed by atoms with E-state index in [9.17, 15) is 9.59 Å². The number of nitrogen functional groups attached to an aromatic ring is 1. The molecule has 0 bridgehead atoms. The average Bonchev–Trinajstić information content (AvgIpc) is 2.62. The van der Waals surface area contributed by atoms with Gasteiger partial charge in [-0.05, 0) is 24.3 Å². The Bertz CT molecular complexity index is 980. The summed E-state index contributed by atoms with van der Waals surface area (Å²) in [6.45, 7) is 0. The highest BCUT2D eigenvalue weighted by atomic mass is 32.2. The van der Waals surface area contributed by atoms with Gasteiger partial charge < -0.3 is 5.73 Å². The van der Waals surface area contributed by atoms with Crippen molar-refractivity contribution >= 4 is 29.0 Å². The number of hydrogen-bond donors (Lipinski definition) is 1. The molecule has 1 aliphatic carbocycles. The summed E-state index contributed by atoms with van der Waals surface area (Å²) >= 11 is 1.46. The Morgan fingerprint density at radius 2 is 1.25 bits per heavy atom. The Labute approximate surface area is 143 Å². The highest BCUT2D eigenvalue weighted by Gasteiger charge is 2.33. The normalized spacial score (nSPS) is 12.7. The minimum Gasteiger partial charge on any atom is -0.398 e. The van der Waals surface area contributed by atoms with Crippen LogP contribution < -0.4 is 5.73 Å². The number of rotatable bonds is 2. The van der Waals surface area contributed by atoms with Crippen molar-refractivity contribution in [3.63, 3.8) is 0 Å². The predicted molar refractivity (Wildman–Crippen MR) is 94.7 cm³/mol. The van der Waals surface area contributed by atoms with Gasteiger partial charge >= 0.3 is 0 Å². The van der Waals surface area contributed by atoms with Crippen LogP contribution >= 0.6 is 11.8 Å². The molecule has 0 saturated carbocycles. The molecule has 0 saturated heterocycles. The second kappa shape index (κ2) is 5.65. The van der Waals surface area contributed by atoms with Crippen LogP contribution in [-0.4, -0.2) is 11.6 Å². The standard InChI is InChI=1S/C20H13NO2S/c21-15-10-11-16(24-12-6-2-1-3-7-12)18-17(15)19(22)13-8-4-5-9-14(13)20(18)23/h1-11H,21H2. The van der Waals surface area contributed by atoms with Crippen molar-refractivity contribution in [3.8, 4) is 0 Å². The minimum absolute atomic E-state index is 0.147. The van der Waals surface area contributed by atoms with Crippen LogP contribution in [0.5, 0.6) is 0 Å². The second-order valence-corrected chi connectivity index (χ2v) is 6.64. The first-order chi connectivity index (χ1) is 11.7. The molecule has 4 heteroatoms. The molecule has 0 radical (unpaired) electrons. The Kier molecular flexibility index (Phi) is 3.47. The molecule has 116 valence electrons. The smallest absolute Gasteiger partial charge is 0.196 e. The highest BCUT2D eigenvalue weighted by Crippen LogP contribution is 2.39. The SMILES string of the molecule is Nc1ccc(Sc2ccccc2)c2c1C(=O)c1ccccc1C2=O. The molecule has 1 aliphatic rings. The average molecular weight is 331 g/mol. The van der Waals surface area contributed by atoms with Gasteiger partial charge in [-0.1, -0.05) is 54.2 Å². The van der Waals surface area contributed by atoms with E-state index >= 15 is 0 Å². The van der Waals surface area contributed by atoms with Crippen LogP contribution in [0.4, 0.5) is 5.69 Å². The van der Waals surface area contributed by atoms with Crippen LogP contribution in [0.15, 0.2) is 76.5 Å². The fraction of sp³-hybridized carbons (Fsp3) is 0. The predicted octanol–water partition coefficient (Wildman–Crippen LogP) is 4.20. The topological polar surface area (TPSA) is 60.2 Å². The van der Waals surface area contributed by atoms with Gasteiger partial charge in [0.2, 0.25) is 0 Å². The van der Waals surface area contributed by atoms with Crippen molar-refractivity contribution in [3.05, 3.63) is 89.0 Å². The van der Waals surface area contributed by atoms with Crippen molar-refractivity contribution in [1.82, 2.24) is 0 Å². The first-order valence-corrected chi connectivity index (χ1v) is 8.32. The van der Waals surface area contributed by atoms with Gasteiger partial charge in [-0.3, -0.25) is 9.59 Å². The van der Waals surface area contributed by atoms with Gasteiger partial charge in [-0.15, -0.1) is 0 Å². The summed E-state index contributed by atoms with van der Waals surface area (Å²) in [5.41, 5.74) is 7.96. The lowest BCUT2D eigenvalue weighted by atomic mass is 9.83. The molecular weight excluding hydrogens is 318 g/mol. The number of nitrogens with two attached hydrogens (primary N) is 1. The lowest BCUT2D eigenvalue weighted by Crippen LogP contribution is -2.23. The van der Waals surface area contributed by atoms with E-state index in [2.05, 4.69) is 0 Å². The summed E-state index contributed by atoms with van der Waals surface area (Å²) in [7, 11) is 0. The van der Waals surface area contributed by atoms with Crippen molar-refractivity contribution in [2.75, 3.05) is 5.73 Å². The molecular formula is C20H13NO2S. The molecule has 0 spiro atoms. The number of benzene rings is 3. The van der Waals surface area contributed by atoms with E-state index in [0.717, 1.165) is 9.79 Å². The van der Waals surface area contributed by atoms with Crippen molar-refractivity contribution in [2.45, 2.75) is 9.79 Å². The van der Waals surface area contributed by atoms with Gasteiger partial charge in [0.25, 0.3) is 0 Å². The van der Waals surface area contributed by atoms with E-state index in [1.165, 1.54) is 11.8 Å². The van der Waals surface area contributed by atoms with E-state index < -0.39 is 0 Å². The van der Waals surface area contributed by atoms with Crippen LogP contribution in [0.3, 0.4) is 0 Å². The molecule has 0 atom stereocenters. The third-order valence-electron chi connectivity index (χ3n) is 4.04. The maximum atomic E-state index is 13.0. The van der Waals surface area contributed by atoms with Gasteiger partial charge in [-0.25, -0.2) is 0 Å². The minimum atomic E-state index is -0.187. The largest absolute Gasteiger partial charge is 0.398 e. The van der Waals surface area contributed by atoms with Gasteiger partial charge in [0.05, 0.1) is 5.56 Å². The quantitative estimate of drug-likeness (QED) is 0.559. The molecule has 2 N–H and O–H groups in total. The first-order valence-electron chi connectivity index (χ1n) is 7.50. The van der Waals surface area contributed by atoms with E-state index in [-0.39, 0.29) is 11.6 Å². The van der Waals surface area contributed by atoms with E-state index in [0.29, 0.717) is 27.9 Å². The zero-order valence-corrected chi connectivity index (χ0v) is 13.5. The molecule has 0 heterocycles. The molecule has 0 unspecified atom stereocenters. The summed E-state index contributed by atoms with van der Waals surface area (Å²) in [6.07, 6.45) is 0. The molecule has 3 aromatic carbocycles. The van der Waals surface area contributed by atoms with Crippen molar-refractivity contribution in [1.29, 1.82) is 0 Å². The Morgan fingerprint density at radius 3 is 1.92 bits per heavy atom. The summed E-state index contributed by atoms with van der Waals surface area (Å²) < 4.78 is 0. The summed E-state index contributed by atoms with van der Waals surface area (Å²) in [4.78, 5) is 27.6. The van der Waals surface area contributed by atoms with Crippen LogP contribution in [0.1, 0.15) is 31.8 Å². The Balaban J connectivity index is 1.92. The molecule has 0 amide bonds. The number of fused-ring (bicyclic) bond motifs is 2.